The highest BCUT2D eigenvalue weighted by atomic mass is 127. The third kappa shape index (κ3) is 6.32. The Labute approximate surface area is 212 Å². The monoisotopic (exact) mass is 561 g/mol. The van der Waals surface area contributed by atoms with Crippen LogP contribution in [0, 0.1) is 6.92 Å². The van der Waals surface area contributed by atoms with Crippen LogP contribution in [0.25, 0.3) is 11.5 Å². The zero-order valence-corrected chi connectivity index (χ0v) is 21.8. The summed E-state index contributed by atoms with van der Waals surface area (Å²) in [6, 6.07) is 16.7. The summed E-state index contributed by atoms with van der Waals surface area (Å²) < 4.78 is 11.4. The molecule has 1 atom stereocenters. The standard InChI is InChI=1S/C25H31N5O2.HI/c1-4-23-28-24(32-29-23)20-11-9-19(10-12-20)13-14-27-25(26-3)30-15-16-31-22(17-30)21-8-6-5-7-18(21)2;/h5-12,22H,4,13-17H2,1-3H3,(H,26,27);1H. The molecule has 3 aromatic rings. The summed E-state index contributed by atoms with van der Waals surface area (Å²) in [5.74, 6) is 2.22. The van der Waals surface area contributed by atoms with Crippen LogP contribution in [0.5, 0.6) is 0 Å². The number of hydrogen-bond acceptors (Lipinski definition) is 5. The number of nitrogens with zero attached hydrogens (tertiary/aromatic N) is 4. The molecule has 0 aliphatic carbocycles. The lowest BCUT2D eigenvalue weighted by Crippen LogP contribution is -2.48. The highest BCUT2D eigenvalue weighted by Gasteiger charge is 2.25. The quantitative estimate of drug-likeness (QED) is 0.273. The number of guanidine groups is 1. The average molecular weight is 561 g/mol. The lowest BCUT2D eigenvalue weighted by atomic mass is 10.0. The van der Waals surface area contributed by atoms with Gasteiger partial charge in [-0.2, -0.15) is 4.98 Å². The smallest absolute Gasteiger partial charge is 0.257 e. The highest BCUT2D eigenvalue weighted by molar-refractivity contribution is 14.0. The number of rotatable bonds is 6. The van der Waals surface area contributed by atoms with Crippen molar-refractivity contribution in [3.8, 4) is 11.5 Å². The maximum atomic E-state index is 6.06. The van der Waals surface area contributed by atoms with E-state index in [1.807, 2.05) is 26.1 Å². The maximum absolute atomic E-state index is 6.06. The van der Waals surface area contributed by atoms with Crippen LogP contribution in [-0.4, -0.2) is 54.3 Å². The van der Waals surface area contributed by atoms with E-state index in [2.05, 4.69) is 68.7 Å². The van der Waals surface area contributed by atoms with Gasteiger partial charge in [0.1, 0.15) is 6.10 Å². The molecular weight excluding hydrogens is 529 g/mol. The van der Waals surface area contributed by atoms with Gasteiger partial charge in [-0.25, -0.2) is 0 Å². The van der Waals surface area contributed by atoms with Gasteiger partial charge in [-0.05, 0) is 42.2 Å². The fourth-order valence-electron chi connectivity index (χ4n) is 3.96. The van der Waals surface area contributed by atoms with Crippen molar-refractivity contribution in [1.82, 2.24) is 20.4 Å². The molecular formula is C25H32IN5O2. The number of morpholine rings is 1. The van der Waals surface area contributed by atoms with Crippen molar-refractivity contribution < 1.29 is 9.26 Å². The predicted molar refractivity (Wildman–Crippen MR) is 141 cm³/mol. The zero-order chi connectivity index (χ0) is 22.3. The van der Waals surface area contributed by atoms with Crippen molar-refractivity contribution >= 4 is 29.9 Å². The number of halogens is 1. The van der Waals surface area contributed by atoms with Crippen LogP contribution >= 0.6 is 24.0 Å². The second kappa shape index (κ2) is 12.1. The van der Waals surface area contributed by atoms with E-state index in [0.29, 0.717) is 12.5 Å². The molecule has 1 saturated heterocycles. The van der Waals surface area contributed by atoms with Gasteiger partial charge < -0.3 is 19.5 Å². The Hall–Kier alpha value is -2.46. The van der Waals surface area contributed by atoms with Crippen molar-refractivity contribution in [2.75, 3.05) is 33.3 Å². The number of ether oxygens (including phenoxy) is 1. The van der Waals surface area contributed by atoms with Gasteiger partial charge in [0.25, 0.3) is 5.89 Å². The molecule has 8 heteroatoms. The number of aromatic nitrogens is 2. The van der Waals surface area contributed by atoms with E-state index in [4.69, 9.17) is 9.26 Å². The Morgan fingerprint density at radius 3 is 2.67 bits per heavy atom. The minimum absolute atomic E-state index is 0. The van der Waals surface area contributed by atoms with Crippen LogP contribution < -0.4 is 5.32 Å². The molecule has 1 aliphatic heterocycles. The van der Waals surface area contributed by atoms with Gasteiger partial charge >= 0.3 is 0 Å². The highest BCUT2D eigenvalue weighted by Crippen LogP contribution is 2.25. The van der Waals surface area contributed by atoms with Gasteiger partial charge in [-0.3, -0.25) is 4.99 Å². The summed E-state index contributed by atoms with van der Waals surface area (Å²) in [6.45, 7) is 7.27. The summed E-state index contributed by atoms with van der Waals surface area (Å²) in [5, 5.41) is 7.47. The first kappa shape index (κ1) is 25.2. The molecule has 2 aromatic carbocycles. The first-order valence-corrected chi connectivity index (χ1v) is 11.2. The summed E-state index contributed by atoms with van der Waals surface area (Å²) in [5.41, 5.74) is 4.70. The molecule has 4 rings (SSSR count). The lowest BCUT2D eigenvalue weighted by Gasteiger charge is -2.35. The summed E-state index contributed by atoms with van der Waals surface area (Å²) in [6.07, 6.45) is 1.73. The minimum Gasteiger partial charge on any atom is -0.370 e. The molecule has 0 spiro atoms. The van der Waals surface area contributed by atoms with Gasteiger partial charge in [0, 0.05) is 32.1 Å². The predicted octanol–water partition coefficient (Wildman–Crippen LogP) is 4.42. The number of nitrogens with one attached hydrogen (secondary N) is 1. The first-order chi connectivity index (χ1) is 15.7. The molecule has 1 unspecified atom stereocenters. The van der Waals surface area contributed by atoms with Crippen LogP contribution in [-0.2, 0) is 17.6 Å². The Balaban J connectivity index is 0.00000306. The second-order valence-electron chi connectivity index (χ2n) is 7.95. The van der Waals surface area contributed by atoms with Crippen molar-refractivity contribution in [2.45, 2.75) is 32.8 Å². The molecule has 0 radical (unpaired) electrons. The second-order valence-corrected chi connectivity index (χ2v) is 7.95. The van der Waals surface area contributed by atoms with Crippen LogP contribution in [0.1, 0.15) is 35.5 Å². The van der Waals surface area contributed by atoms with Crippen LogP contribution in [0.15, 0.2) is 58.0 Å². The molecule has 0 saturated carbocycles. The van der Waals surface area contributed by atoms with E-state index in [1.165, 1.54) is 16.7 Å². The third-order valence-corrected chi connectivity index (χ3v) is 5.80. The van der Waals surface area contributed by atoms with Gasteiger partial charge in [0.2, 0.25) is 0 Å². The fraction of sp³-hybridized carbons (Fsp3) is 0.400. The van der Waals surface area contributed by atoms with E-state index < -0.39 is 0 Å². The Bertz CT molecular complexity index is 1050. The van der Waals surface area contributed by atoms with Crippen LogP contribution in [0.3, 0.4) is 0 Å². The van der Waals surface area contributed by atoms with E-state index in [9.17, 15) is 0 Å². The van der Waals surface area contributed by atoms with Crippen LogP contribution in [0.4, 0.5) is 0 Å². The molecule has 1 N–H and O–H groups in total. The molecule has 33 heavy (non-hydrogen) atoms. The first-order valence-electron chi connectivity index (χ1n) is 11.2. The molecule has 1 aromatic heterocycles. The van der Waals surface area contributed by atoms with Gasteiger partial charge in [0.05, 0.1) is 13.2 Å². The van der Waals surface area contributed by atoms with Crippen molar-refractivity contribution in [3.63, 3.8) is 0 Å². The van der Waals surface area contributed by atoms with Gasteiger partial charge in [-0.15, -0.1) is 24.0 Å². The average Bonchev–Trinajstić information content (AvgIpc) is 3.32. The largest absolute Gasteiger partial charge is 0.370 e. The van der Waals surface area contributed by atoms with E-state index >= 15 is 0 Å². The van der Waals surface area contributed by atoms with Gasteiger partial charge in [0.15, 0.2) is 11.8 Å². The fourth-order valence-corrected chi connectivity index (χ4v) is 3.96. The molecule has 0 bridgehead atoms. The summed E-state index contributed by atoms with van der Waals surface area (Å²) >= 11 is 0. The van der Waals surface area contributed by atoms with Crippen molar-refractivity contribution in [1.29, 1.82) is 0 Å². The van der Waals surface area contributed by atoms with E-state index in [0.717, 1.165) is 49.8 Å². The molecule has 1 fully saturated rings. The summed E-state index contributed by atoms with van der Waals surface area (Å²) in [7, 11) is 1.84. The molecule has 0 amide bonds. The van der Waals surface area contributed by atoms with Crippen molar-refractivity contribution in [3.05, 3.63) is 71.0 Å². The number of benzene rings is 2. The third-order valence-electron chi connectivity index (χ3n) is 5.80. The maximum Gasteiger partial charge on any atom is 0.257 e. The van der Waals surface area contributed by atoms with Crippen molar-refractivity contribution in [2.24, 2.45) is 4.99 Å². The van der Waals surface area contributed by atoms with Crippen LogP contribution in [0.2, 0.25) is 0 Å². The van der Waals surface area contributed by atoms with Gasteiger partial charge in [-0.1, -0.05) is 48.5 Å². The summed E-state index contributed by atoms with van der Waals surface area (Å²) in [4.78, 5) is 11.2. The number of hydrogen-bond donors (Lipinski definition) is 1. The number of aryl methyl sites for hydroxylation is 2. The SMILES string of the molecule is CCc1noc(-c2ccc(CCNC(=NC)N3CCOC(c4ccccc4C)C3)cc2)n1.I. The number of aliphatic imine (C=N–C) groups is 1. The Morgan fingerprint density at radius 1 is 1.18 bits per heavy atom. The topological polar surface area (TPSA) is 75.8 Å². The van der Waals surface area contributed by atoms with E-state index in [-0.39, 0.29) is 30.1 Å². The molecule has 1 aliphatic rings. The lowest BCUT2D eigenvalue weighted by molar-refractivity contribution is -0.00829. The molecule has 7 nitrogen and oxygen atoms in total. The molecule has 176 valence electrons. The minimum atomic E-state index is 0. The normalized spacial score (nSPS) is 16.4. The Morgan fingerprint density at radius 2 is 1.97 bits per heavy atom. The van der Waals surface area contributed by atoms with E-state index in [1.54, 1.807) is 0 Å². The Kier molecular flexibility index (Phi) is 9.25. The zero-order valence-electron chi connectivity index (χ0n) is 19.5. The molecule has 2 heterocycles.